The summed E-state index contributed by atoms with van der Waals surface area (Å²) in [5.41, 5.74) is 0.304. The molecule has 0 aliphatic rings. The summed E-state index contributed by atoms with van der Waals surface area (Å²) in [5.74, 6) is 0.277. The minimum atomic E-state index is -4.48. The van der Waals surface area contributed by atoms with Gasteiger partial charge in [-0.05, 0) is 42.3 Å². The third kappa shape index (κ3) is 3.62. The third-order valence-electron chi connectivity index (χ3n) is 3.03. The first-order chi connectivity index (χ1) is 9.94. The van der Waals surface area contributed by atoms with Crippen LogP contribution in [0.4, 0.5) is 13.2 Å². The van der Waals surface area contributed by atoms with Gasteiger partial charge in [0.25, 0.3) is 0 Å². The Morgan fingerprint density at radius 3 is 2.29 bits per heavy atom. The molecule has 0 amide bonds. The highest BCUT2D eigenvalue weighted by Gasteiger charge is 2.31. The molecule has 2 aromatic carbocycles. The molecule has 0 unspecified atom stereocenters. The van der Waals surface area contributed by atoms with Crippen molar-refractivity contribution in [1.82, 2.24) is 0 Å². The van der Waals surface area contributed by atoms with E-state index >= 15 is 0 Å². The fraction of sp³-hybridized carbons (Fsp3) is 0.188. The standard InChI is InChI=1S/C16H13F3O2/c1-2-11-3-7-14(8-4-11)21-15-9-13(16(17,18)19)6-5-12(15)10-20/h3-10H,2H2,1H3. The molecule has 0 bridgehead atoms. The van der Waals surface area contributed by atoms with Crippen molar-refractivity contribution < 1.29 is 22.7 Å². The Balaban J connectivity index is 2.34. The molecule has 110 valence electrons. The molecule has 0 aliphatic heterocycles. The van der Waals surface area contributed by atoms with Gasteiger partial charge in [-0.25, -0.2) is 0 Å². The summed E-state index contributed by atoms with van der Waals surface area (Å²) in [6, 6.07) is 9.76. The summed E-state index contributed by atoms with van der Waals surface area (Å²) in [7, 11) is 0. The Morgan fingerprint density at radius 1 is 1.10 bits per heavy atom. The van der Waals surface area contributed by atoms with Gasteiger partial charge in [0, 0.05) is 0 Å². The Labute approximate surface area is 120 Å². The van der Waals surface area contributed by atoms with E-state index in [0.29, 0.717) is 12.0 Å². The van der Waals surface area contributed by atoms with Crippen LogP contribution in [0.25, 0.3) is 0 Å². The monoisotopic (exact) mass is 294 g/mol. The van der Waals surface area contributed by atoms with E-state index in [-0.39, 0.29) is 11.3 Å². The van der Waals surface area contributed by atoms with E-state index in [4.69, 9.17) is 4.74 Å². The number of hydrogen-bond acceptors (Lipinski definition) is 2. The van der Waals surface area contributed by atoms with Crippen LogP contribution < -0.4 is 4.74 Å². The zero-order chi connectivity index (χ0) is 15.5. The molecule has 0 fully saturated rings. The summed E-state index contributed by atoms with van der Waals surface area (Å²) in [6.07, 6.45) is -3.16. The van der Waals surface area contributed by atoms with Crippen molar-refractivity contribution in [3.8, 4) is 11.5 Å². The molecule has 0 N–H and O–H groups in total. The second kappa shape index (κ2) is 5.99. The van der Waals surface area contributed by atoms with Gasteiger partial charge in [-0.2, -0.15) is 13.2 Å². The second-order valence-corrected chi connectivity index (χ2v) is 4.47. The molecule has 2 aromatic rings. The van der Waals surface area contributed by atoms with Crippen LogP contribution in [0, 0.1) is 0 Å². The lowest BCUT2D eigenvalue weighted by atomic mass is 10.1. The molecular weight excluding hydrogens is 281 g/mol. The number of aldehydes is 1. The number of rotatable bonds is 4. The first-order valence-corrected chi connectivity index (χ1v) is 6.37. The Hall–Kier alpha value is -2.30. The quantitative estimate of drug-likeness (QED) is 0.752. The molecule has 0 saturated heterocycles. The van der Waals surface area contributed by atoms with Gasteiger partial charge >= 0.3 is 6.18 Å². The molecule has 0 aliphatic carbocycles. The van der Waals surface area contributed by atoms with Gasteiger partial charge in [-0.1, -0.05) is 19.1 Å². The van der Waals surface area contributed by atoms with Gasteiger partial charge in [0.15, 0.2) is 6.29 Å². The van der Waals surface area contributed by atoms with Crippen LogP contribution >= 0.6 is 0 Å². The predicted octanol–water partition coefficient (Wildman–Crippen LogP) is 4.87. The van der Waals surface area contributed by atoms with Gasteiger partial charge in [0.1, 0.15) is 11.5 Å². The highest BCUT2D eigenvalue weighted by Crippen LogP contribution is 2.34. The molecule has 2 rings (SSSR count). The molecule has 0 heterocycles. The predicted molar refractivity (Wildman–Crippen MR) is 72.7 cm³/mol. The highest BCUT2D eigenvalue weighted by atomic mass is 19.4. The second-order valence-electron chi connectivity index (χ2n) is 4.47. The summed E-state index contributed by atoms with van der Waals surface area (Å²) < 4.78 is 43.5. The van der Waals surface area contributed by atoms with Gasteiger partial charge in [-0.3, -0.25) is 4.79 Å². The molecule has 0 saturated carbocycles. The molecule has 2 nitrogen and oxygen atoms in total. The number of benzene rings is 2. The summed E-state index contributed by atoms with van der Waals surface area (Å²) in [6.45, 7) is 1.99. The lowest BCUT2D eigenvalue weighted by Crippen LogP contribution is -2.05. The Kier molecular flexibility index (Phi) is 4.31. The van der Waals surface area contributed by atoms with E-state index in [1.165, 1.54) is 0 Å². The average Bonchev–Trinajstić information content (AvgIpc) is 2.47. The minimum Gasteiger partial charge on any atom is -0.457 e. The van der Waals surface area contributed by atoms with Crippen molar-refractivity contribution in [1.29, 1.82) is 0 Å². The topological polar surface area (TPSA) is 26.3 Å². The van der Waals surface area contributed by atoms with Crippen LogP contribution in [0.1, 0.15) is 28.4 Å². The van der Waals surface area contributed by atoms with E-state index in [0.717, 1.165) is 30.2 Å². The van der Waals surface area contributed by atoms with Crippen molar-refractivity contribution in [3.63, 3.8) is 0 Å². The van der Waals surface area contributed by atoms with Gasteiger partial charge < -0.3 is 4.74 Å². The molecule has 21 heavy (non-hydrogen) atoms. The normalized spacial score (nSPS) is 11.2. The number of aryl methyl sites for hydroxylation is 1. The first kappa shape index (κ1) is 15.1. The lowest BCUT2D eigenvalue weighted by Gasteiger charge is -2.12. The van der Waals surface area contributed by atoms with Crippen molar-refractivity contribution in [2.24, 2.45) is 0 Å². The van der Waals surface area contributed by atoms with Crippen LogP contribution in [0.2, 0.25) is 0 Å². The molecule has 0 radical (unpaired) electrons. The van der Waals surface area contributed by atoms with Crippen LogP contribution in [0.15, 0.2) is 42.5 Å². The van der Waals surface area contributed by atoms with Crippen molar-refractivity contribution in [2.75, 3.05) is 0 Å². The van der Waals surface area contributed by atoms with Crippen LogP contribution in [-0.2, 0) is 12.6 Å². The first-order valence-electron chi connectivity index (χ1n) is 6.37. The Bertz CT molecular complexity index is 631. The number of ether oxygens (including phenoxy) is 1. The number of alkyl halides is 3. The van der Waals surface area contributed by atoms with E-state index < -0.39 is 11.7 Å². The molecule has 0 spiro atoms. The summed E-state index contributed by atoms with van der Waals surface area (Å²) in [5, 5.41) is 0. The fourth-order valence-electron chi connectivity index (χ4n) is 1.82. The maximum absolute atomic E-state index is 12.7. The minimum absolute atomic E-state index is 0.0718. The lowest BCUT2D eigenvalue weighted by molar-refractivity contribution is -0.137. The van der Waals surface area contributed by atoms with Crippen molar-refractivity contribution in [2.45, 2.75) is 19.5 Å². The van der Waals surface area contributed by atoms with E-state index in [1.54, 1.807) is 12.1 Å². The molecule has 0 aromatic heterocycles. The molecular formula is C16H13F3O2. The van der Waals surface area contributed by atoms with Gasteiger partial charge in [0.05, 0.1) is 11.1 Å². The van der Waals surface area contributed by atoms with Gasteiger partial charge in [-0.15, -0.1) is 0 Å². The highest BCUT2D eigenvalue weighted by molar-refractivity contribution is 5.79. The smallest absolute Gasteiger partial charge is 0.416 e. The zero-order valence-electron chi connectivity index (χ0n) is 11.3. The number of halogens is 3. The van der Waals surface area contributed by atoms with Crippen LogP contribution in [0.5, 0.6) is 11.5 Å². The van der Waals surface area contributed by atoms with Crippen molar-refractivity contribution in [3.05, 3.63) is 59.2 Å². The van der Waals surface area contributed by atoms with Crippen LogP contribution in [0.3, 0.4) is 0 Å². The SMILES string of the molecule is CCc1ccc(Oc2cc(C(F)(F)F)ccc2C=O)cc1. The number of carbonyl (C=O) groups is 1. The number of hydrogen-bond donors (Lipinski definition) is 0. The van der Waals surface area contributed by atoms with Crippen LogP contribution in [-0.4, -0.2) is 6.29 Å². The average molecular weight is 294 g/mol. The number of carbonyl (C=O) groups excluding carboxylic acids is 1. The third-order valence-corrected chi connectivity index (χ3v) is 3.03. The maximum Gasteiger partial charge on any atom is 0.416 e. The molecule has 0 atom stereocenters. The largest absolute Gasteiger partial charge is 0.457 e. The van der Waals surface area contributed by atoms with E-state index in [2.05, 4.69) is 0 Å². The van der Waals surface area contributed by atoms with E-state index in [1.807, 2.05) is 19.1 Å². The zero-order valence-corrected chi connectivity index (χ0v) is 11.3. The van der Waals surface area contributed by atoms with Crippen molar-refractivity contribution >= 4 is 6.29 Å². The fourth-order valence-corrected chi connectivity index (χ4v) is 1.82. The molecule has 5 heteroatoms. The summed E-state index contributed by atoms with van der Waals surface area (Å²) >= 11 is 0. The summed E-state index contributed by atoms with van der Waals surface area (Å²) in [4.78, 5) is 10.9. The Morgan fingerprint density at radius 2 is 1.76 bits per heavy atom. The van der Waals surface area contributed by atoms with Gasteiger partial charge in [0.2, 0.25) is 0 Å². The maximum atomic E-state index is 12.7. The van der Waals surface area contributed by atoms with E-state index in [9.17, 15) is 18.0 Å².